The van der Waals surface area contributed by atoms with Crippen molar-refractivity contribution in [1.29, 1.82) is 0 Å². The summed E-state index contributed by atoms with van der Waals surface area (Å²) in [4.78, 5) is 13.0. The Kier molecular flexibility index (Phi) is 3.64. The minimum atomic E-state index is 0.337. The Balaban J connectivity index is 1.72. The molecule has 3 rings (SSSR count). The van der Waals surface area contributed by atoms with E-state index in [0.29, 0.717) is 5.95 Å². The van der Waals surface area contributed by atoms with Crippen LogP contribution in [0, 0.1) is 13.8 Å². The maximum atomic E-state index is 5.66. The van der Waals surface area contributed by atoms with Gasteiger partial charge in [0, 0.05) is 38.1 Å². The highest BCUT2D eigenvalue weighted by atomic mass is 15.3. The Labute approximate surface area is 125 Å². The van der Waals surface area contributed by atoms with Gasteiger partial charge in [0.15, 0.2) is 0 Å². The maximum Gasteiger partial charge on any atom is 0.221 e. The molecule has 1 aromatic carbocycles. The smallest absolute Gasteiger partial charge is 0.221 e. The van der Waals surface area contributed by atoms with Gasteiger partial charge in [0.1, 0.15) is 5.82 Å². The van der Waals surface area contributed by atoms with Gasteiger partial charge in [-0.15, -0.1) is 0 Å². The summed E-state index contributed by atoms with van der Waals surface area (Å²) in [5, 5.41) is 0. The number of nitrogens with two attached hydrogens (primary N) is 1. The van der Waals surface area contributed by atoms with E-state index in [4.69, 9.17) is 5.73 Å². The van der Waals surface area contributed by atoms with Crippen LogP contribution in [-0.4, -0.2) is 36.1 Å². The van der Waals surface area contributed by atoms with Crippen LogP contribution in [0.3, 0.4) is 0 Å². The first kappa shape index (κ1) is 13.7. The minimum absolute atomic E-state index is 0.337. The van der Waals surface area contributed by atoms with Crippen LogP contribution in [-0.2, 0) is 0 Å². The predicted molar refractivity (Wildman–Crippen MR) is 86.8 cm³/mol. The van der Waals surface area contributed by atoms with Crippen LogP contribution in [0.25, 0.3) is 0 Å². The number of piperazine rings is 1. The number of nitrogen functional groups attached to an aromatic ring is 1. The van der Waals surface area contributed by atoms with Gasteiger partial charge in [-0.1, -0.05) is 12.1 Å². The number of hydrogen-bond donors (Lipinski definition) is 1. The van der Waals surface area contributed by atoms with Gasteiger partial charge in [0.25, 0.3) is 0 Å². The molecule has 2 N–H and O–H groups in total. The first-order chi connectivity index (χ1) is 10.1. The van der Waals surface area contributed by atoms with Crippen molar-refractivity contribution < 1.29 is 0 Å². The quantitative estimate of drug-likeness (QED) is 0.913. The number of hydrogen-bond acceptors (Lipinski definition) is 5. The lowest BCUT2D eigenvalue weighted by Gasteiger charge is -2.37. The molecule has 0 amide bonds. The van der Waals surface area contributed by atoms with Crippen molar-refractivity contribution in [3.8, 4) is 0 Å². The fourth-order valence-electron chi connectivity index (χ4n) is 2.79. The van der Waals surface area contributed by atoms with Crippen LogP contribution in [0.1, 0.15) is 11.1 Å². The molecule has 1 saturated heterocycles. The van der Waals surface area contributed by atoms with E-state index < -0.39 is 0 Å². The molecule has 0 bridgehead atoms. The first-order valence-electron chi connectivity index (χ1n) is 7.30. The third-order valence-corrected chi connectivity index (χ3v) is 4.18. The van der Waals surface area contributed by atoms with E-state index in [-0.39, 0.29) is 0 Å². The van der Waals surface area contributed by atoms with E-state index in [1.165, 1.54) is 16.8 Å². The largest absolute Gasteiger partial charge is 0.368 e. The Hall–Kier alpha value is -2.30. The molecule has 5 nitrogen and oxygen atoms in total. The average molecular weight is 283 g/mol. The monoisotopic (exact) mass is 283 g/mol. The molecule has 5 heteroatoms. The summed E-state index contributed by atoms with van der Waals surface area (Å²) in [7, 11) is 0. The van der Waals surface area contributed by atoms with Crippen LogP contribution in [0.15, 0.2) is 30.5 Å². The molecule has 0 spiro atoms. The standard InChI is InChI=1S/C16H21N5/c1-12-4-3-5-14(13(12)2)20-8-10-21(11-9-20)15-6-7-18-16(17)19-15/h3-7H,8-11H2,1-2H3,(H2,17,18,19). The van der Waals surface area contributed by atoms with Gasteiger partial charge in [-0.2, -0.15) is 4.98 Å². The lowest BCUT2D eigenvalue weighted by atomic mass is 10.1. The summed E-state index contributed by atoms with van der Waals surface area (Å²) >= 11 is 0. The summed E-state index contributed by atoms with van der Waals surface area (Å²) in [6, 6.07) is 8.43. The van der Waals surface area contributed by atoms with Crippen molar-refractivity contribution in [2.75, 3.05) is 41.7 Å². The second-order valence-corrected chi connectivity index (χ2v) is 5.47. The molecule has 0 unspecified atom stereocenters. The lowest BCUT2D eigenvalue weighted by Crippen LogP contribution is -2.47. The van der Waals surface area contributed by atoms with Crippen LogP contribution >= 0.6 is 0 Å². The fraction of sp³-hybridized carbons (Fsp3) is 0.375. The number of aromatic nitrogens is 2. The Morgan fingerprint density at radius 2 is 1.71 bits per heavy atom. The molecular formula is C16H21N5. The Morgan fingerprint density at radius 1 is 1.00 bits per heavy atom. The van der Waals surface area contributed by atoms with Crippen LogP contribution in [0.2, 0.25) is 0 Å². The normalized spacial score (nSPS) is 15.3. The van der Waals surface area contributed by atoms with Gasteiger partial charge in [-0.05, 0) is 37.1 Å². The van der Waals surface area contributed by atoms with E-state index in [9.17, 15) is 0 Å². The molecule has 21 heavy (non-hydrogen) atoms. The summed E-state index contributed by atoms with van der Waals surface area (Å²) in [6.45, 7) is 8.25. The molecule has 2 aromatic rings. The third kappa shape index (κ3) is 2.77. The zero-order valence-electron chi connectivity index (χ0n) is 12.6. The number of anilines is 3. The highest BCUT2D eigenvalue weighted by Gasteiger charge is 2.19. The van der Waals surface area contributed by atoms with E-state index in [2.05, 4.69) is 51.8 Å². The zero-order chi connectivity index (χ0) is 14.8. The molecule has 1 aromatic heterocycles. The Bertz CT molecular complexity index is 632. The van der Waals surface area contributed by atoms with Crippen molar-refractivity contribution >= 4 is 17.5 Å². The highest BCUT2D eigenvalue weighted by molar-refractivity contribution is 5.57. The van der Waals surface area contributed by atoms with Crippen molar-refractivity contribution in [3.05, 3.63) is 41.6 Å². The van der Waals surface area contributed by atoms with Gasteiger partial charge >= 0.3 is 0 Å². The molecule has 110 valence electrons. The number of nitrogens with zero attached hydrogens (tertiary/aromatic N) is 4. The second-order valence-electron chi connectivity index (χ2n) is 5.47. The predicted octanol–water partition coefficient (Wildman–Crippen LogP) is 2.00. The maximum absolute atomic E-state index is 5.66. The number of benzene rings is 1. The van der Waals surface area contributed by atoms with Gasteiger partial charge in [-0.3, -0.25) is 0 Å². The summed E-state index contributed by atoms with van der Waals surface area (Å²) in [6.07, 6.45) is 1.72. The summed E-state index contributed by atoms with van der Waals surface area (Å²) in [5.41, 5.74) is 9.72. The fourth-order valence-corrected chi connectivity index (χ4v) is 2.79. The van der Waals surface area contributed by atoms with Gasteiger partial charge in [-0.25, -0.2) is 4.98 Å². The van der Waals surface area contributed by atoms with E-state index in [0.717, 1.165) is 32.0 Å². The first-order valence-corrected chi connectivity index (χ1v) is 7.30. The van der Waals surface area contributed by atoms with Crippen molar-refractivity contribution in [2.45, 2.75) is 13.8 Å². The molecule has 0 saturated carbocycles. The summed E-state index contributed by atoms with van der Waals surface area (Å²) in [5.74, 6) is 1.26. The molecule has 0 atom stereocenters. The molecule has 0 radical (unpaired) electrons. The van der Waals surface area contributed by atoms with Crippen LogP contribution < -0.4 is 15.5 Å². The molecule has 0 aliphatic carbocycles. The summed E-state index contributed by atoms with van der Waals surface area (Å²) < 4.78 is 0. The lowest BCUT2D eigenvalue weighted by molar-refractivity contribution is 0.646. The van der Waals surface area contributed by atoms with E-state index in [1.54, 1.807) is 6.20 Å². The van der Waals surface area contributed by atoms with Gasteiger partial charge in [0.05, 0.1) is 0 Å². The number of aryl methyl sites for hydroxylation is 1. The molecule has 1 aliphatic heterocycles. The SMILES string of the molecule is Cc1cccc(N2CCN(c3ccnc(N)n3)CC2)c1C. The van der Waals surface area contributed by atoms with Crippen molar-refractivity contribution in [2.24, 2.45) is 0 Å². The molecule has 2 heterocycles. The average Bonchev–Trinajstić information content (AvgIpc) is 2.50. The van der Waals surface area contributed by atoms with Crippen molar-refractivity contribution in [1.82, 2.24) is 9.97 Å². The van der Waals surface area contributed by atoms with Gasteiger partial charge in [0.2, 0.25) is 5.95 Å². The highest BCUT2D eigenvalue weighted by Crippen LogP contribution is 2.24. The van der Waals surface area contributed by atoms with E-state index in [1.807, 2.05) is 6.07 Å². The van der Waals surface area contributed by atoms with Crippen LogP contribution in [0.4, 0.5) is 17.5 Å². The number of rotatable bonds is 2. The van der Waals surface area contributed by atoms with Crippen LogP contribution in [0.5, 0.6) is 0 Å². The van der Waals surface area contributed by atoms with Crippen molar-refractivity contribution in [3.63, 3.8) is 0 Å². The topological polar surface area (TPSA) is 58.3 Å². The van der Waals surface area contributed by atoms with Gasteiger partial charge < -0.3 is 15.5 Å². The third-order valence-electron chi connectivity index (χ3n) is 4.18. The molecule has 1 fully saturated rings. The molecular weight excluding hydrogens is 262 g/mol. The van der Waals surface area contributed by atoms with E-state index >= 15 is 0 Å². The molecule has 1 aliphatic rings. The Morgan fingerprint density at radius 3 is 2.43 bits per heavy atom. The zero-order valence-corrected chi connectivity index (χ0v) is 12.6. The minimum Gasteiger partial charge on any atom is -0.368 e. The second kappa shape index (κ2) is 5.60.